The number of nitrogens with zero attached hydrogens (tertiary/aromatic N) is 3. The van der Waals surface area contributed by atoms with E-state index in [1.165, 1.54) is 36.9 Å². The fourth-order valence-electron chi connectivity index (χ4n) is 7.12. The lowest BCUT2D eigenvalue weighted by molar-refractivity contribution is -0.158. The zero-order chi connectivity index (χ0) is 44.5. The van der Waals surface area contributed by atoms with E-state index in [-0.39, 0.29) is 38.0 Å². The number of allylic oxidation sites excluding steroid dienone is 1. The van der Waals surface area contributed by atoms with Gasteiger partial charge in [0.15, 0.2) is 0 Å². The first-order valence-electron chi connectivity index (χ1n) is 19.9. The molecule has 60 heavy (non-hydrogen) atoms. The van der Waals surface area contributed by atoms with Crippen LogP contribution in [0.5, 0.6) is 0 Å². The summed E-state index contributed by atoms with van der Waals surface area (Å²) in [6.07, 6.45) is 5.79. The molecule has 0 bridgehead atoms. The van der Waals surface area contributed by atoms with Gasteiger partial charge in [-0.1, -0.05) is 48.4 Å². The highest BCUT2D eigenvalue weighted by atomic mass is 127. The van der Waals surface area contributed by atoms with Gasteiger partial charge in [0, 0.05) is 32.6 Å². The molecule has 0 spiro atoms. The van der Waals surface area contributed by atoms with Gasteiger partial charge in [0.1, 0.15) is 61.1 Å². The Labute approximate surface area is 362 Å². The summed E-state index contributed by atoms with van der Waals surface area (Å²) < 4.78 is 39.3. The van der Waals surface area contributed by atoms with Gasteiger partial charge in [0.2, 0.25) is 35.4 Å². The molecule has 0 radical (unpaired) electrons. The summed E-state index contributed by atoms with van der Waals surface area (Å²) in [7, 11) is 2.81. The second kappa shape index (κ2) is 24.5. The summed E-state index contributed by atoms with van der Waals surface area (Å²) in [5, 5.41) is 10.3. The molecule has 6 amide bonds. The number of cyclic esters (lactones) is 1. The molecule has 0 aliphatic carbocycles. The van der Waals surface area contributed by atoms with Crippen LogP contribution in [-0.4, -0.2) is 150 Å². The van der Waals surface area contributed by atoms with Gasteiger partial charge in [-0.05, 0) is 74.8 Å². The molecule has 3 heterocycles. The van der Waals surface area contributed by atoms with Crippen molar-refractivity contribution in [3.63, 3.8) is 0 Å². The SMILES string of the molecule is CCCC/C=C/C(=O)N[C@@H](Cc1cc(F)cc(F)c1)C(=O)N[C@H]1COC(=O)[C@@H]2CCCN2C(=O)[C@H](C)NC(=O)[C@H](COC(=O)CNC)N(C)C(=O)[C@@H]2CCCN2C1=O.CI. The van der Waals surface area contributed by atoms with Crippen molar-refractivity contribution in [3.8, 4) is 0 Å². The monoisotopic (exact) mass is 959 g/mol. The summed E-state index contributed by atoms with van der Waals surface area (Å²) >= 11 is 2.15. The smallest absolute Gasteiger partial charge is 0.328 e. The Hall–Kier alpha value is -4.73. The molecule has 0 aromatic heterocycles. The van der Waals surface area contributed by atoms with Crippen LogP contribution >= 0.6 is 22.6 Å². The van der Waals surface area contributed by atoms with E-state index in [2.05, 4.69) is 43.9 Å². The molecule has 0 unspecified atom stereocenters. The van der Waals surface area contributed by atoms with E-state index >= 15 is 0 Å². The molecule has 1 aromatic carbocycles. The molecule has 0 saturated carbocycles. The molecule has 3 aliphatic rings. The maximum absolute atomic E-state index is 14.4. The Balaban J connectivity index is 0.00000473. The van der Waals surface area contributed by atoms with Gasteiger partial charge in [-0.25, -0.2) is 13.6 Å². The third kappa shape index (κ3) is 13.9. The van der Waals surface area contributed by atoms with Crippen LogP contribution in [0.2, 0.25) is 0 Å². The highest BCUT2D eigenvalue weighted by molar-refractivity contribution is 14.1. The number of hydrogen-bond donors (Lipinski definition) is 4. The number of alkyl halides is 1. The van der Waals surface area contributed by atoms with E-state index < -0.39 is 115 Å². The lowest BCUT2D eigenvalue weighted by Gasteiger charge is -2.35. The molecule has 20 heteroatoms. The summed E-state index contributed by atoms with van der Waals surface area (Å²) in [4.78, 5) is 114. The van der Waals surface area contributed by atoms with Crippen molar-refractivity contribution < 1.29 is 56.6 Å². The standard InChI is InChI=1S/C39H53F2N7O10.CH3I/c1-5-6-7-8-13-32(49)44-27(18-24-16-25(40)19-26(41)17-24)34(51)45-28-21-58-39(56)30-12-10-15-48(30)36(53)23(2)43-35(52)31(22-57-33(50)20-42-3)46(4)38(55)29-11-9-14-47(29)37(28)54;1-2/h8,13,16-17,19,23,27-31,42H,5-7,9-12,14-15,18,20-22H2,1-4H3,(H,43,52)(H,44,49)(H,45,51);1H3/b13-8+;/t23-,27-,28-,29-,30-,31-;/m0./s1. The summed E-state index contributed by atoms with van der Waals surface area (Å²) in [6.45, 7) is 2.05. The number of amides is 6. The lowest BCUT2D eigenvalue weighted by atomic mass is 10.0. The number of ether oxygens (including phenoxy) is 2. The number of carbonyl (C=O) groups is 8. The van der Waals surface area contributed by atoms with Crippen LogP contribution in [0.4, 0.5) is 8.78 Å². The Morgan fingerprint density at radius 2 is 1.62 bits per heavy atom. The molecular formula is C40H56F2IN7O10. The van der Waals surface area contributed by atoms with Gasteiger partial charge >= 0.3 is 11.9 Å². The van der Waals surface area contributed by atoms with Crippen LogP contribution in [-0.2, 0) is 54.3 Å². The number of fused-ring (bicyclic) bond motifs is 2. The number of hydrogen-bond acceptors (Lipinski definition) is 11. The average Bonchev–Trinajstić information content (AvgIpc) is 3.91. The van der Waals surface area contributed by atoms with Crippen molar-refractivity contribution in [2.24, 2.45) is 0 Å². The Kier molecular flexibility index (Phi) is 20.3. The van der Waals surface area contributed by atoms with Gasteiger partial charge in [0.05, 0.1) is 6.54 Å². The molecular weight excluding hydrogens is 903 g/mol. The first kappa shape index (κ1) is 49.6. The van der Waals surface area contributed by atoms with Gasteiger partial charge < -0.3 is 45.4 Å². The second-order valence-electron chi connectivity index (χ2n) is 14.6. The van der Waals surface area contributed by atoms with Crippen molar-refractivity contribution in [1.29, 1.82) is 0 Å². The topological polar surface area (TPSA) is 213 Å². The highest BCUT2D eigenvalue weighted by Gasteiger charge is 2.44. The van der Waals surface area contributed by atoms with Gasteiger partial charge in [0.25, 0.3) is 0 Å². The number of esters is 2. The summed E-state index contributed by atoms with van der Waals surface area (Å²) in [5.41, 5.74) is 0.0207. The first-order valence-corrected chi connectivity index (χ1v) is 22.1. The van der Waals surface area contributed by atoms with E-state index in [1.807, 2.05) is 11.9 Å². The van der Waals surface area contributed by atoms with Crippen molar-refractivity contribution in [2.75, 3.05) is 51.9 Å². The zero-order valence-corrected chi connectivity index (χ0v) is 36.8. The molecule has 6 atom stereocenters. The molecule has 3 fully saturated rings. The fourth-order valence-corrected chi connectivity index (χ4v) is 7.12. The molecule has 4 N–H and O–H groups in total. The van der Waals surface area contributed by atoms with Crippen LogP contribution < -0.4 is 21.3 Å². The first-order chi connectivity index (χ1) is 28.6. The van der Waals surface area contributed by atoms with Crippen LogP contribution in [0.3, 0.4) is 0 Å². The Morgan fingerprint density at radius 3 is 2.25 bits per heavy atom. The van der Waals surface area contributed by atoms with E-state index in [9.17, 15) is 47.1 Å². The van der Waals surface area contributed by atoms with E-state index in [1.54, 1.807) is 6.08 Å². The van der Waals surface area contributed by atoms with Crippen LogP contribution in [0.1, 0.15) is 64.4 Å². The predicted octanol–water partition coefficient (Wildman–Crippen LogP) is 0.908. The number of rotatable bonds is 13. The van der Waals surface area contributed by atoms with E-state index in [4.69, 9.17) is 9.47 Å². The Morgan fingerprint density at radius 1 is 0.983 bits per heavy atom. The van der Waals surface area contributed by atoms with E-state index in [0.29, 0.717) is 25.3 Å². The van der Waals surface area contributed by atoms with Crippen molar-refractivity contribution in [1.82, 2.24) is 36.0 Å². The fraction of sp³-hybridized carbons (Fsp3) is 0.600. The highest BCUT2D eigenvalue weighted by Crippen LogP contribution is 2.24. The quantitative estimate of drug-likeness (QED) is 0.0718. The largest absolute Gasteiger partial charge is 0.462 e. The van der Waals surface area contributed by atoms with Gasteiger partial charge in [-0.3, -0.25) is 33.6 Å². The second-order valence-corrected chi connectivity index (χ2v) is 14.6. The minimum atomic E-state index is -1.64. The third-order valence-corrected chi connectivity index (χ3v) is 10.2. The molecule has 1 aromatic rings. The predicted molar refractivity (Wildman–Crippen MR) is 222 cm³/mol. The number of benzene rings is 1. The average molecular weight is 960 g/mol. The number of unbranched alkanes of at least 4 members (excludes halogenated alkanes) is 2. The molecule has 332 valence electrons. The van der Waals surface area contributed by atoms with E-state index in [0.717, 1.165) is 29.9 Å². The van der Waals surface area contributed by atoms with Crippen molar-refractivity contribution in [3.05, 3.63) is 47.5 Å². The maximum atomic E-state index is 14.4. The van der Waals surface area contributed by atoms with Gasteiger partial charge in [-0.15, -0.1) is 0 Å². The summed E-state index contributed by atoms with van der Waals surface area (Å²) in [6, 6.07) is -5.37. The maximum Gasteiger partial charge on any atom is 0.328 e. The number of carbonyl (C=O) groups excluding carboxylic acids is 8. The van der Waals surface area contributed by atoms with Crippen LogP contribution in [0.25, 0.3) is 0 Å². The molecule has 3 saturated heterocycles. The number of halogens is 3. The van der Waals surface area contributed by atoms with Crippen molar-refractivity contribution >= 4 is 70.0 Å². The molecule has 3 aliphatic heterocycles. The number of likely N-dealkylation sites (N-methyl/N-ethyl adjacent to an activating group) is 2. The third-order valence-electron chi connectivity index (χ3n) is 10.2. The summed E-state index contributed by atoms with van der Waals surface area (Å²) in [5.74, 6) is -8.09. The van der Waals surface area contributed by atoms with Crippen molar-refractivity contribution in [2.45, 2.75) is 101 Å². The number of nitrogens with one attached hydrogen (secondary N) is 4. The minimum absolute atomic E-state index is 0.0207. The molecule has 17 nitrogen and oxygen atoms in total. The van der Waals surface area contributed by atoms with Crippen LogP contribution in [0, 0.1) is 11.6 Å². The normalized spacial score (nSPS) is 23.2. The molecule has 4 rings (SSSR count). The zero-order valence-electron chi connectivity index (χ0n) is 34.6. The Bertz CT molecular complexity index is 1730. The minimum Gasteiger partial charge on any atom is -0.462 e. The van der Waals surface area contributed by atoms with Gasteiger partial charge in [-0.2, -0.15) is 0 Å². The lowest BCUT2D eigenvalue weighted by Crippen LogP contribution is -2.61. The van der Waals surface area contributed by atoms with Crippen LogP contribution in [0.15, 0.2) is 30.4 Å².